The van der Waals surface area contributed by atoms with Crippen LogP contribution < -0.4 is 4.74 Å². The fourth-order valence-corrected chi connectivity index (χ4v) is 3.06. The minimum Gasteiger partial charge on any atom is -0.496 e. The van der Waals surface area contributed by atoms with Crippen molar-refractivity contribution < 1.29 is 24.2 Å². The minimum absolute atomic E-state index is 0.0705. The molecule has 0 radical (unpaired) electrons. The average molecular weight is 321 g/mol. The van der Waals surface area contributed by atoms with Crippen molar-refractivity contribution in [3.8, 4) is 5.75 Å². The molecule has 1 unspecified atom stereocenters. The van der Waals surface area contributed by atoms with E-state index < -0.39 is 12.1 Å². The number of carbonyl (C=O) groups is 2. The molecule has 1 heterocycles. The Bertz CT molecular complexity index is 611. The van der Waals surface area contributed by atoms with Crippen molar-refractivity contribution in [3.05, 3.63) is 28.8 Å². The van der Waals surface area contributed by atoms with Gasteiger partial charge in [0.1, 0.15) is 11.9 Å². The Labute approximate surface area is 136 Å². The number of carboxylic acid groups (broad SMARTS) is 1. The zero-order valence-electron chi connectivity index (χ0n) is 14.0. The predicted molar refractivity (Wildman–Crippen MR) is 84.7 cm³/mol. The molecule has 1 atom stereocenters. The van der Waals surface area contributed by atoms with Crippen LogP contribution in [0.25, 0.3) is 0 Å². The van der Waals surface area contributed by atoms with Gasteiger partial charge >= 0.3 is 5.97 Å². The van der Waals surface area contributed by atoms with Gasteiger partial charge in [0.05, 0.1) is 12.7 Å². The quantitative estimate of drug-likeness (QED) is 0.897. The maximum atomic E-state index is 12.6. The number of hydrogen-bond donors (Lipinski definition) is 1. The van der Waals surface area contributed by atoms with Crippen LogP contribution in [0.2, 0.25) is 0 Å². The number of carbonyl (C=O) groups excluding carboxylic acids is 1. The number of benzene rings is 1. The van der Waals surface area contributed by atoms with Crippen LogP contribution in [-0.2, 0) is 22.5 Å². The van der Waals surface area contributed by atoms with Crippen molar-refractivity contribution in [1.82, 2.24) is 4.90 Å². The summed E-state index contributed by atoms with van der Waals surface area (Å²) in [6.07, 6.45) is -0.000704. The van der Waals surface area contributed by atoms with Crippen LogP contribution in [0.3, 0.4) is 0 Å². The highest BCUT2D eigenvalue weighted by Crippen LogP contribution is 2.31. The smallest absolute Gasteiger partial charge is 0.335 e. The first kappa shape index (κ1) is 17.3. The molecule has 1 aromatic rings. The molecule has 6 heteroatoms. The highest BCUT2D eigenvalue weighted by Gasteiger charge is 2.32. The molecule has 0 saturated heterocycles. The van der Waals surface area contributed by atoms with Gasteiger partial charge in [0.15, 0.2) is 0 Å². The molecule has 0 aromatic heterocycles. The summed E-state index contributed by atoms with van der Waals surface area (Å²) in [4.78, 5) is 25.7. The summed E-state index contributed by atoms with van der Waals surface area (Å²) < 4.78 is 10.7. The third-order valence-corrected chi connectivity index (χ3v) is 4.23. The van der Waals surface area contributed by atoms with E-state index >= 15 is 0 Å². The van der Waals surface area contributed by atoms with Crippen LogP contribution in [0, 0.1) is 5.92 Å². The van der Waals surface area contributed by atoms with Crippen LogP contribution in [0.4, 0.5) is 0 Å². The Morgan fingerprint density at radius 3 is 2.43 bits per heavy atom. The van der Waals surface area contributed by atoms with Crippen LogP contribution in [0.5, 0.6) is 5.75 Å². The van der Waals surface area contributed by atoms with Gasteiger partial charge in [-0.15, -0.1) is 0 Å². The van der Waals surface area contributed by atoms with Crippen molar-refractivity contribution in [2.75, 3.05) is 20.8 Å². The number of methoxy groups -OCH3 is 2. The van der Waals surface area contributed by atoms with E-state index in [0.29, 0.717) is 25.3 Å². The third-order valence-electron chi connectivity index (χ3n) is 4.23. The number of fused-ring (bicyclic) bond motifs is 1. The molecule has 6 nitrogen and oxygen atoms in total. The molecule has 1 N–H and O–H groups in total. The zero-order valence-corrected chi connectivity index (χ0v) is 14.0. The number of carboxylic acids is 1. The maximum Gasteiger partial charge on any atom is 0.335 e. The molecule has 1 aliphatic heterocycles. The highest BCUT2D eigenvalue weighted by molar-refractivity contribution is 5.90. The van der Waals surface area contributed by atoms with Gasteiger partial charge in [-0.25, -0.2) is 4.79 Å². The van der Waals surface area contributed by atoms with Crippen molar-refractivity contribution in [2.45, 2.75) is 32.9 Å². The van der Waals surface area contributed by atoms with E-state index in [1.54, 1.807) is 24.1 Å². The molecule has 0 fully saturated rings. The molecule has 2 rings (SSSR count). The van der Waals surface area contributed by atoms with E-state index in [-0.39, 0.29) is 17.4 Å². The number of hydrogen-bond acceptors (Lipinski definition) is 4. The summed E-state index contributed by atoms with van der Waals surface area (Å²) in [6, 6.07) is 3.20. The van der Waals surface area contributed by atoms with Crippen molar-refractivity contribution >= 4 is 11.9 Å². The van der Waals surface area contributed by atoms with Crippen LogP contribution in [-0.4, -0.2) is 48.8 Å². The lowest BCUT2D eigenvalue weighted by atomic mass is 9.92. The first-order valence-electron chi connectivity index (χ1n) is 7.64. The maximum absolute atomic E-state index is 12.6. The number of amides is 1. The number of rotatable bonds is 5. The van der Waals surface area contributed by atoms with E-state index in [4.69, 9.17) is 9.47 Å². The van der Waals surface area contributed by atoms with Gasteiger partial charge in [0, 0.05) is 25.8 Å². The van der Waals surface area contributed by atoms with Gasteiger partial charge in [-0.1, -0.05) is 13.8 Å². The standard InChI is InChI=1S/C17H23NO5/c1-10(2)15(23-4)16(19)18-8-7-11-12(17(20)21)5-6-14(22-3)13(11)9-18/h5-6,10,15H,7-9H2,1-4H3,(H,20,21). The average Bonchev–Trinajstić information content (AvgIpc) is 2.53. The summed E-state index contributed by atoms with van der Waals surface area (Å²) >= 11 is 0. The second kappa shape index (κ2) is 7.00. The van der Waals surface area contributed by atoms with Gasteiger partial charge in [-0.2, -0.15) is 0 Å². The summed E-state index contributed by atoms with van der Waals surface area (Å²) in [5.41, 5.74) is 1.80. The Morgan fingerprint density at radius 2 is 1.91 bits per heavy atom. The molecular weight excluding hydrogens is 298 g/mol. The Balaban J connectivity index is 2.35. The molecule has 0 saturated carbocycles. The van der Waals surface area contributed by atoms with Crippen LogP contribution >= 0.6 is 0 Å². The Kier molecular flexibility index (Phi) is 5.26. The van der Waals surface area contributed by atoms with Gasteiger partial charge in [0.2, 0.25) is 0 Å². The molecule has 0 bridgehead atoms. The van der Waals surface area contributed by atoms with Crippen LogP contribution in [0.1, 0.15) is 35.3 Å². The summed E-state index contributed by atoms with van der Waals surface area (Å²) in [7, 11) is 3.08. The van der Waals surface area contributed by atoms with Gasteiger partial charge in [-0.3, -0.25) is 4.79 Å². The van der Waals surface area contributed by atoms with E-state index in [1.165, 1.54) is 7.11 Å². The number of aromatic carboxylic acids is 1. The molecule has 23 heavy (non-hydrogen) atoms. The van der Waals surface area contributed by atoms with Crippen molar-refractivity contribution in [3.63, 3.8) is 0 Å². The van der Waals surface area contributed by atoms with Gasteiger partial charge in [-0.05, 0) is 30.0 Å². The fourth-order valence-electron chi connectivity index (χ4n) is 3.06. The normalized spacial score (nSPS) is 15.3. The van der Waals surface area contributed by atoms with Crippen molar-refractivity contribution in [2.24, 2.45) is 5.92 Å². The van der Waals surface area contributed by atoms with Gasteiger partial charge < -0.3 is 19.5 Å². The van der Waals surface area contributed by atoms with E-state index in [2.05, 4.69) is 0 Å². The van der Waals surface area contributed by atoms with Crippen LogP contribution in [0.15, 0.2) is 12.1 Å². The molecule has 126 valence electrons. The molecular formula is C17H23NO5. The highest BCUT2D eigenvalue weighted by atomic mass is 16.5. The SMILES string of the molecule is COc1ccc(C(=O)O)c2c1CN(C(=O)C(OC)C(C)C)CC2. The topological polar surface area (TPSA) is 76.1 Å². The van der Waals surface area contributed by atoms with Gasteiger partial charge in [0.25, 0.3) is 5.91 Å². The molecule has 1 aliphatic rings. The predicted octanol–water partition coefficient (Wildman–Crippen LogP) is 1.95. The lowest BCUT2D eigenvalue weighted by molar-refractivity contribution is -0.145. The van der Waals surface area contributed by atoms with E-state index in [1.807, 2.05) is 13.8 Å². The molecule has 1 amide bonds. The second-order valence-electron chi connectivity index (χ2n) is 5.99. The zero-order chi connectivity index (χ0) is 17.1. The largest absolute Gasteiger partial charge is 0.496 e. The number of nitrogens with zero attached hydrogens (tertiary/aromatic N) is 1. The number of ether oxygens (including phenoxy) is 2. The summed E-state index contributed by atoms with van der Waals surface area (Å²) in [5, 5.41) is 9.34. The summed E-state index contributed by atoms with van der Waals surface area (Å²) in [6.45, 7) is 4.69. The lowest BCUT2D eigenvalue weighted by Gasteiger charge is -2.33. The molecule has 0 spiro atoms. The first-order valence-corrected chi connectivity index (χ1v) is 7.64. The molecule has 0 aliphatic carbocycles. The minimum atomic E-state index is -0.958. The third kappa shape index (κ3) is 3.32. The lowest BCUT2D eigenvalue weighted by Crippen LogP contribution is -2.45. The second-order valence-corrected chi connectivity index (χ2v) is 5.99. The van der Waals surface area contributed by atoms with Crippen molar-refractivity contribution in [1.29, 1.82) is 0 Å². The van der Waals surface area contributed by atoms with E-state index in [0.717, 1.165) is 11.1 Å². The Morgan fingerprint density at radius 1 is 1.22 bits per heavy atom. The monoisotopic (exact) mass is 321 g/mol. The van der Waals surface area contributed by atoms with E-state index in [9.17, 15) is 14.7 Å². The first-order chi connectivity index (χ1) is 10.9. The summed E-state index contributed by atoms with van der Waals surface area (Å²) in [5.74, 6) is -0.348. The Hall–Kier alpha value is -2.08. The molecule has 1 aromatic carbocycles. The fraction of sp³-hybridized carbons (Fsp3) is 0.529.